The molecule has 0 spiro atoms. The van der Waals surface area contributed by atoms with Gasteiger partial charge in [-0.2, -0.15) is 0 Å². The minimum absolute atomic E-state index is 0.114. The van der Waals surface area contributed by atoms with Crippen LogP contribution in [-0.4, -0.2) is 22.7 Å². The van der Waals surface area contributed by atoms with E-state index in [9.17, 15) is 4.79 Å². The molecular weight excluding hydrogens is 394 g/mol. The summed E-state index contributed by atoms with van der Waals surface area (Å²) in [6.07, 6.45) is 4.55. The summed E-state index contributed by atoms with van der Waals surface area (Å²) in [5.74, 6) is -0.0758. The maximum Gasteiger partial charge on any atom is 0.303 e. The number of aromatic nitrogens is 1. The van der Waals surface area contributed by atoms with E-state index in [1.807, 2.05) is 60.7 Å². The molecule has 0 fully saturated rings. The molecule has 0 radical (unpaired) electrons. The van der Waals surface area contributed by atoms with Gasteiger partial charge in [0.2, 0.25) is 0 Å². The third-order valence-corrected chi connectivity index (χ3v) is 4.28. The van der Waals surface area contributed by atoms with Crippen LogP contribution in [0.4, 0.5) is 0 Å². The summed E-state index contributed by atoms with van der Waals surface area (Å²) in [7, 11) is 0. The fourth-order valence-corrected chi connectivity index (χ4v) is 2.85. The van der Waals surface area contributed by atoms with Crippen LogP contribution in [0.2, 0.25) is 0 Å². The summed E-state index contributed by atoms with van der Waals surface area (Å²) in [5.41, 5.74) is 2.82. The standard InChI is InChI=1S/C21H18BrNO3/c22-17-9-7-16-8-11-18(23-20(16)14-17)10-6-15-3-1-4-19(13-15)26-12-2-5-21(24)25/h1,3-4,6-11,13-14H,2,5,12H2,(H,24,25). The first kappa shape index (κ1) is 18.1. The number of carboxylic acid groups (broad SMARTS) is 1. The monoisotopic (exact) mass is 411 g/mol. The van der Waals surface area contributed by atoms with E-state index in [1.165, 1.54) is 0 Å². The van der Waals surface area contributed by atoms with E-state index in [2.05, 4.69) is 27.0 Å². The van der Waals surface area contributed by atoms with Crippen molar-refractivity contribution in [3.8, 4) is 5.75 Å². The first-order valence-electron chi connectivity index (χ1n) is 8.29. The van der Waals surface area contributed by atoms with E-state index in [-0.39, 0.29) is 6.42 Å². The van der Waals surface area contributed by atoms with Crippen LogP contribution in [0, 0.1) is 0 Å². The first-order chi connectivity index (χ1) is 12.6. The average molecular weight is 412 g/mol. The van der Waals surface area contributed by atoms with Crippen molar-refractivity contribution in [2.45, 2.75) is 12.8 Å². The molecule has 1 N–H and O–H groups in total. The Morgan fingerprint density at radius 2 is 1.96 bits per heavy atom. The van der Waals surface area contributed by atoms with Crippen LogP contribution in [0.5, 0.6) is 5.75 Å². The molecule has 1 aromatic heterocycles. The second-order valence-electron chi connectivity index (χ2n) is 5.82. The zero-order valence-corrected chi connectivity index (χ0v) is 15.6. The number of carbonyl (C=O) groups is 1. The predicted molar refractivity (Wildman–Crippen MR) is 107 cm³/mol. The summed E-state index contributed by atoms with van der Waals surface area (Å²) in [6, 6.07) is 17.8. The van der Waals surface area contributed by atoms with Gasteiger partial charge in [0.05, 0.1) is 17.8 Å². The molecule has 0 aliphatic heterocycles. The Balaban J connectivity index is 1.68. The molecule has 0 saturated carbocycles. The highest BCUT2D eigenvalue weighted by Gasteiger charge is 2.00. The lowest BCUT2D eigenvalue weighted by Crippen LogP contribution is -2.02. The van der Waals surface area contributed by atoms with Gasteiger partial charge in [-0.25, -0.2) is 4.98 Å². The van der Waals surface area contributed by atoms with Gasteiger partial charge in [0, 0.05) is 16.3 Å². The average Bonchev–Trinajstić information content (AvgIpc) is 2.63. The van der Waals surface area contributed by atoms with Crippen LogP contribution in [0.3, 0.4) is 0 Å². The zero-order chi connectivity index (χ0) is 18.4. The van der Waals surface area contributed by atoms with Gasteiger partial charge >= 0.3 is 5.97 Å². The molecule has 0 aliphatic rings. The number of hydrogen-bond donors (Lipinski definition) is 1. The van der Waals surface area contributed by atoms with Crippen molar-refractivity contribution in [3.63, 3.8) is 0 Å². The summed E-state index contributed by atoms with van der Waals surface area (Å²) in [5, 5.41) is 9.74. The van der Waals surface area contributed by atoms with Crippen molar-refractivity contribution < 1.29 is 14.6 Å². The fraction of sp³-hybridized carbons (Fsp3) is 0.143. The molecule has 26 heavy (non-hydrogen) atoms. The molecule has 132 valence electrons. The molecule has 0 amide bonds. The van der Waals surface area contributed by atoms with Crippen LogP contribution in [0.1, 0.15) is 24.1 Å². The number of nitrogens with zero attached hydrogens (tertiary/aromatic N) is 1. The van der Waals surface area contributed by atoms with Gasteiger partial charge in [-0.05, 0) is 48.4 Å². The lowest BCUT2D eigenvalue weighted by atomic mass is 10.1. The Bertz CT molecular complexity index is 953. The van der Waals surface area contributed by atoms with Crippen LogP contribution >= 0.6 is 15.9 Å². The fourth-order valence-electron chi connectivity index (χ4n) is 2.50. The van der Waals surface area contributed by atoms with Crippen molar-refractivity contribution in [2.75, 3.05) is 6.61 Å². The van der Waals surface area contributed by atoms with Gasteiger partial charge in [-0.1, -0.05) is 46.3 Å². The molecule has 2 aromatic carbocycles. The number of pyridine rings is 1. The molecular formula is C21H18BrNO3. The van der Waals surface area contributed by atoms with E-state index in [0.717, 1.165) is 32.4 Å². The summed E-state index contributed by atoms with van der Waals surface area (Å²) >= 11 is 3.47. The normalized spacial score (nSPS) is 11.1. The smallest absolute Gasteiger partial charge is 0.303 e. The Morgan fingerprint density at radius 1 is 1.12 bits per heavy atom. The number of hydrogen-bond acceptors (Lipinski definition) is 3. The molecule has 0 unspecified atom stereocenters. The first-order valence-corrected chi connectivity index (χ1v) is 9.08. The number of halogens is 1. The molecule has 0 atom stereocenters. The van der Waals surface area contributed by atoms with E-state index in [0.29, 0.717) is 13.0 Å². The third-order valence-electron chi connectivity index (χ3n) is 3.78. The minimum Gasteiger partial charge on any atom is -0.494 e. The highest BCUT2D eigenvalue weighted by atomic mass is 79.9. The Labute approximate surface area is 160 Å². The maximum atomic E-state index is 10.5. The van der Waals surface area contributed by atoms with E-state index in [4.69, 9.17) is 9.84 Å². The number of benzene rings is 2. The van der Waals surface area contributed by atoms with Gasteiger partial charge in [0.1, 0.15) is 5.75 Å². The molecule has 3 rings (SSSR count). The van der Waals surface area contributed by atoms with Crippen LogP contribution in [-0.2, 0) is 4.79 Å². The molecule has 4 nitrogen and oxygen atoms in total. The number of ether oxygens (including phenoxy) is 1. The third kappa shape index (κ3) is 5.17. The van der Waals surface area contributed by atoms with Crippen molar-refractivity contribution in [3.05, 3.63) is 70.3 Å². The number of carboxylic acids is 1. The van der Waals surface area contributed by atoms with Gasteiger partial charge in [-0.3, -0.25) is 4.79 Å². The zero-order valence-electron chi connectivity index (χ0n) is 14.1. The second kappa shape index (κ2) is 8.63. The molecule has 0 saturated heterocycles. The Kier molecular flexibility index (Phi) is 6.02. The predicted octanol–water partition coefficient (Wildman–Crippen LogP) is 5.41. The van der Waals surface area contributed by atoms with E-state index < -0.39 is 5.97 Å². The SMILES string of the molecule is O=C(O)CCCOc1cccc(C=Cc2ccc3ccc(Br)cc3n2)c1. The van der Waals surface area contributed by atoms with Gasteiger partial charge in [-0.15, -0.1) is 0 Å². The Hall–Kier alpha value is -2.66. The summed E-state index contributed by atoms with van der Waals surface area (Å²) < 4.78 is 6.61. The topological polar surface area (TPSA) is 59.4 Å². The number of aliphatic carboxylic acids is 1. The van der Waals surface area contributed by atoms with Gasteiger partial charge in [0.25, 0.3) is 0 Å². The van der Waals surface area contributed by atoms with E-state index >= 15 is 0 Å². The minimum atomic E-state index is -0.805. The molecule has 5 heteroatoms. The van der Waals surface area contributed by atoms with Crippen molar-refractivity contribution in [2.24, 2.45) is 0 Å². The quantitative estimate of drug-likeness (QED) is 0.527. The van der Waals surface area contributed by atoms with E-state index in [1.54, 1.807) is 0 Å². The highest BCUT2D eigenvalue weighted by molar-refractivity contribution is 9.10. The van der Waals surface area contributed by atoms with Crippen molar-refractivity contribution in [1.29, 1.82) is 0 Å². The molecule has 0 aliphatic carbocycles. The highest BCUT2D eigenvalue weighted by Crippen LogP contribution is 2.20. The summed E-state index contributed by atoms with van der Waals surface area (Å²) in [4.78, 5) is 15.2. The lowest BCUT2D eigenvalue weighted by molar-refractivity contribution is -0.137. The molecule has 0 bridgehead atoms. The van der Waals surface area contributed by atoms with Crippen LogP contribution in [0.25, 0.3) is 23.1 Å². The van der Waals surface area contributed by atoms with Crippen molar-refractivity contribution >= 4 is 45.0 Å². The van der Waals surface area contributed by atoms with Gasteiger partial charge in [0.15, 0.2) is 0 Å². The lowest BCUT2D eigenvalue weighted by Gasteiger charge is -2.06. The maximum absolute atomic E-state index is 10.5. The second-order valence-corrected chi connectivity index (χ2v) is 6.74. The summed E-state index contributed by atoms with van der Waals surface area (Å²) in [6.45, 7) is 0.389. The largest absolute Gasteiger partial charge is 0.494 e. The van der Waals surface area contributed by atoms with Crippen molar-refractivity contribution in [1.82, 2.24) is 4.98 Å². The number of rotatable bonds is 7. The van der Waals surface area contributed by atoms with Crippen LogP contribution in [0.15, 0.2) is 59.1 Å². The number of fused-ring (bicyclic) bond motifs is 1. The Morgan fingerprint density at radius 3 is 2.81 bits per heavy atom. The molecule has 3 aromatic rings. The molecule has 1 heterocycles. The van der Waals surface area contributed by atoms with Crippen LogP contribution < -0.4 is 4.74 Å². The van der Waals surface area contributed by atoms with Gasteiger partial charge < -0.3 is 9.84 Å².